The van der Waals surface area contributed by atoms with Gasteiger partial charge in [0.15, 0.2) is 0 Å². The summed E-state index contributed by atoms with van der Waals surface area (Å²) in [4.78, 5) is 10.3. The molecule has 1 rings (SSSR count). The van der Waals surface area contributed by atoms with E-state index in [0.717, 1.165) is 5.69 Å². The third-order valence-electron chi connectivity index (χ3n) is 2.07. The van der Waals surface area contributed by atoms with Crippen LogP contribution in [0.1, 0.15) is 12.5 Å². The molecule has 5 heteroatoms. The van der Waals surface area contributed by atoms with Crippen LogP contribution in [0.3, 0.4) is 0 Å². The third kappa shape index (κ3) is 1.76. The van der Waals surface area contributed by atoms with Crippen molar-refractivity contribution < 1.29 is 4.92 Å². The van der Waals surface area contributed by atoms with Gasteiger partial charge in [0.1, 0.15) is 0 Å². The average Bonchev–Trinajstić information content (AvgIpc) is 2.16. The predicted molar refractivity (Wildman–Crippen MR) is 56.4 cm³/mol. The molecule has 0 heterocycles. The Morgan fingerprint density at radius 3 is 2.64 bits per heavy atom. The highest BCUT2D eigenvalue weighted by Gasteiger charge is 2.16. The monoisotopic (exact) mass is 195 g/mol. The lowest BCUT2D eigenvalue weighted by atomic mass is 10.1. The summed E-state index contributed by atoms with van der Waals surface area (Å²) in [7, 11) is 1.72. The second-order valence-electron chi connectivity index (χ2n) is 2.93. The molecule has 0 fully saturated rings. The fourth-order valence-electron chi connectivity index (χ4n) is 1.44. The van der Waals surface area contributed by atoms with Gasteiger partial charge in [0.25, 0.3) is 5.69 Å². The van der Waals surface area contributed by atoms with Crippen molar-refractivity contribution in [3.05, 3.63) is 27.8 Å². The first-order chi connectivity index (χ1) is 6.60. The van der Waals surface area contributed by atoms with Gasteiger partial charge in [-0.1, -0.05) is 6.92 Å². The number of nitrogens with zero attached hydrogens (tertiary/aromatic N) is 1. The number of hydrogen-bond acceptors (Lipinski definition) is 4. The van der Waals surface area contributed by atoms with E-state index < -0.39 is 4.92 Å². The summed E-state index contributed by atoms with van der Waals surface area (Å²) in [6.45, 7) is 1.87. The second kappa shape index (κ2) is 3.95. The Bertz CT molecular complexity index is 363. The first kappa shape index (κ1) is 10.3. The summed E-state index contributed by atoms with van der Waals surface area (Å²) < 4.78 is 0. The lowest BCUT2D eigenvalue weighted by Crippen LogP contribution is -2.02. The van der Waals surface area contributed by atoms with Gasteiger partial charge in [-0.3, -0.25) is 10.1 Å². The van der Waals surface area contributed by atoms with Crippen LogP contribution in [0.4, 0.5) is 17.1 Å². The lowest BCUT2D eigenvalue weighted by Gasteiger charge is -2.08. The van der Waals surface area contributed by atoms with E-state index in [2.05, 4.69) is 5.32 Å². The normalized spacial score (nSPS) is 9.86. The molecule has 14 heavy (non-hydrogen) atoms. The number of rotatable bonds is 3. The molecule has 0 unspecified atom stereocenters. The van der Waals surface area contributed by atoms with Crippen molar-refractivity contribution >= 4 is 17.1 Å². The number of nitrogens with two attached hydrogens (primary N) is 1. The predicted octanol–water partition coefficient (Wildman–Crippen LogP) is 1.78. The first-order valence-electron chi connectivity index (χ1n) is 4.34. The molecule has 1 aromatic carbocycles. The van der Waals surface area contributed by atoms with Gasteiger partial charge >= 0.3 is 0 Å². The maximum absolute atomic E-state index is 10.7. The van der Waals surface area contributed by atoms with Crippen LogP contribution >= 0.6 is 0 Å². The summed E-state index contributed by atoms with van der Waals surface area (Å²) in [5.41, 5.74) is 7.44. The minimum Gasteiger partial charge on any atom is -0.398 e. The Hall–Kier alpha value is -1.78. The van der Waals surface area contributed by atoms with Gasteiger partial charge in [-0.05, 0) is 12.5 Å². The Kier molecular flexibility index (Phi) is 2.91. The molecule has 0 aliphatic carbocycles. The largest absolute Gasteiger partial charge is 0.398 e. The smallest absolute Gasteiger partial charge is 0.276 e. The highest BCUT2D eigenvalue weighted by Crippen LogP contribution is 2.29. The number of nitro groups is 1. The molecular formula is C9H13N3O2. The molecule has 3 N–H and O–H groups in total. The number of nitro benzene ring substituents is 1. The standard InChI is InChI=1S/C9H13N3O2/c1-3-7-8(11-2)4-6(10)5-9(7)12(13)14/h4-5,11H,3,10H2,1-2H3. The van der Waals surface area contributed by atoms with Crippen LogP contribution in [-0.2, 0) is 6.42 Å². The minimum absolute atomic E-state index is 0.0804. The molecule has 0 bridgehead atoms. The Morgan fingerprint density at radius 2 is 2.21 bits per heavy atom. The van der Waals surface area contributed by atoms with Gasteiger partial charge in [0, 0.05) is 24.5 Å². The molecule has 0 atom stereocenters. The highest BCUT2D eigenvalue weighted by molar-refractivity contribution is 5.67. The highest BCUT2D eigenvalue weighted by atomic mass is 16.6. The van der Waals surface area contributed by atoms with Gasteiger partial charge in [0.2, 0.25) is 0 Å². The zero-order valence-electron chi connectivity index (χ0n) is 8.20. The zero-order valence-corrected chi connectivity index (χ0v) is 8.20. The topological polar surface area (TPSA) is 81.2 Å². The van der Waals surface area contributed by atoms with Crippen molar-refractivity contribution in [3.8, 4) is 0 Å². The Balaban J connectivity index is 3.39. The van der Waals surface area contributed by atoms with Crippen molar-refractivity contribution in [2.75, 3.05) is 18.1 Å². The number of benzene rings is 1. The molecule has 0 spiro atoms. The summed E-state index contributed by atoms with van der Waals surface area (Å²) in [5, 5.41) is 13.6. The number of nitrogen functional groups attached to an aromatic ring is 1. The van der Waals surface area contributed by atoms with Crippen molar-refractivity contribution in [3.63, 3.8) is 0 Å². The number of anilines is 2. The van der Waals surface area contributed by atoms with E-state index in [9.17, 15) is 10.1 Å². The molecule has 0 amide bonds. The average molecular weight is 195 g/mol. The van der Waals surface area contributed by atoms with Crippen LogP contribution < -0.4 is 11.1 Å². The van der Waals surface area contributed by atoms with Crippen LogP contribution in [0.25, 0.3) is 0 Å². The molecular weight excluding hydrogens is 182 g/mol. The maximum Gasteiger partial charge on any atom is 0.276 e. The van der Waals surface area contributed by atoms with Crippen molar-refractivity contribution in [1.29, 1.82) is 0 Å². The minimum atomic E-state index is -0.407. The van der Waals surface area contributed by atoms with E-state index in [1.807, 2.05) is 6.92 Å². The molecule has 5 nitrogen and oxygen atoms in total. The molecule has 0 radical (unpaired) electrons. The van der Waals surface area contributed by atoms with Gasteiger partial charge < -0.3 is 11.1 Å². The molecule has 76 valence electrons. The van der Waals surface area contributed by atoms with Crippen LogP contribution in [0, 0.1) is 10.1 Å². The van der Waals surface area contributed by atoms with Gasteiger partial charge in [-0.2, -0.15) is 0 Å². The molecule has 0 saturated carbocycles. The SMILES string of the molecule is CCc1c(NC)cc(N)cc1[N+](=O)[O-]. The van der Waals surface area contributed by atoms with E-state index in [1.54, 1.807) is 13.1 Å². The van der Waals surface area contributed by atoms with Crippen LogP contribution in [0.15, 0.2) is 12.1 Å². The summed E-state index contributed by atoms with van der Waals surface area (Å²) in [6.07, 6.45) is 0.604. The molecule has 1 aromatic rings. The van der Waals surface area contributed by atoms with E-state index in [1.165, 1.54) is 6.07 Å². The number of nitrogens with one attached hydrogen (secondary N) is 1. The third-order valence-corrected chi connectivity index (χ3v) is 2.07. The van der Waals surface area contributed by atoms with Crippen molar-refractivity contribution in [1.82, 2.24) is 0 Å². The van der Waals surface area contributed by atoms with E-state index in [-0.39, 0.29) is 5.69 Å². The first-order valence-corrected chi connectivity index (χ1v) is 4.34. The molecule has 0 aromatic heterocycles. The van der Waals surface area contributed by atoms with E-state index >= 15 is 0 Å². The van der Waals surface area contributed by atoms with Crippen LogP contribution in [0.2, 0.25) is 0 Å². The summed E-state index contributed by atoms with van der Waals surface area (Å²) in [6, 6.07) is 3.09. The lowest BCUT2D eigenvalue weighted by molar-refractivity contribution is -0.385. The van der Waals surface area contributed by atoms with Gasteiger partial charge in [-0.25, -0.2) is 0 Å². The molecule has 0 aliphatic heterocycles. The Morgan fingerprint density at radius 1 is 1.57 bits per heavy atom. The fraction of sp³-hybridized carbons (Fsp3) is 0.333. The van der Waals surface area contributed by atoms with E-state index in [0.29, 0.717) is 17.7 Å². The zero-order chi connectivity index (χ0) is 10.7. The van der Waals surface area contributed by atoms with Crippen LogP contribution in [-0.4, -0.2) is 12.0 Å². The summed E-state index contributed by atoms with van der Waals surface area (Å²) >= 11 is 0. The summed E-state index contributed by atoms with van der Waals surface area (Å²) in [5.74, 6) is 0. The second-order valence-corrected chi connectivity index (χ2v) is 2.93. The fourth-order valence-corrected chi connectivity index (χ4v) is 1.44. The Labute approximate surface area is 82.1 Å². The molecule has 0 aliphatic rings. The van der Waals surface area contributed by atoms with Crippen molar-refractivity contribution in [2.24, 2.45) is 0 Å². The van der Waals surface area contributed by atoms with Gasteiger partial charge in [-0.15, -0.1) is 0 Å². The maximum atomic E-state index is 10.7. The van der Waals surface area contributed by atoms with E-state index in [4.69, 9.17) is 5.73 Å². The van der Waals surface area contributed by atoms with Gasteiger partial charge in [0.05, 0.1) is 10.5 Å². The number of hydrogen-bond donors (Lipinski definition) is 2. The van der Waals surface area contributed by atoms with Crippen LogP contribution in [0.5, 0.6) is 0 Å². The molecule has 0 saturated heterocycles. The van der Waals surface area contributed by atoms with Crippen molar-refractivity contribution in [2.45, 2.75) is 13.3 Å². The quantitative estimate of drug-likeness (QED) is 0.437.